The highest BCUT2D eigenvalue weighted by Gasteiger charge is 2.42. The van der Waals surface area contributed by atoms with Gasteiger partial charge >= 0.3 is 12.1 Å². The van der Waals surface area contributed by atoms with Crippen molar-refractivity contribution in [3.8, 4) is 0 Å². The summed E-state index contributed by atoms with van der Waals surface area (Å²) in [5, 5.41) is 12.1. The Morgan fingerprint density at radius 3 is 1.50 bits per heavy atom. The summed E-state index contributed by atoms with van der Waals surface area (Å²) in [4.78, 5) is 24.7. The largest absolute Gasteiger partial charge is 0.480 e. The fourth-order valence-corrected chi connectivity index (χ4v) is 5.58. The number of nitrogens with one attached hydrogen (secondary N) is 1. The Bertz CT molecular complexity index is 985. The maximum Gasteiger partial charge on any atom is 0.408 e. The van der Waals surface area contributed by atoms with E-state index in [9.17, 15) is 14.7 Å². The van der Waals surface area contributed by atoms with Crippen LogP contribution in [0.5, 0.6) is 0 Å². The van der Waals surface area contributed by atoms with Gasteiger partial charge in [0.25, 0.3) is 0 Å². The lowest BCUT2D eigenvalue weighted by Gasteiger charge is -2.38. The molecule has 3 aromatic rings. The first-order valence-corrected chi connectivity index (χ1v) is 12.1. The molecule has 178 valence electrons. The van der Waals surface area contributed by atoms with Crippen LogP contribution in [0, 0.1) is 0 Å². The van der Waals surface area contributed by atoms with Gasteiger partial charge < -0.3 is 15.2 Å². The molecule has 0 fully saturated rings. The molecule has 0 heterocycles. The van der Waals surface area contributed by atoms with Crippen molar-refractivity contribution in [3.05, 3.63) is 108 Å². The summed E-state index contributed by atoms with van der Waals surface area (Å²) in [5.74, 6) is -1.12. The zero-order valence-corrected chi connectivity index (χ0v) is 20.7. The first-order chi connectivity index (χ1) is 16.1. The molecule has 2 atom stereocenters. The minimum Gasteiger partial charge on any atom is -0.480 e. The van der Waals surface area contributed by atoms with Crippen molar-refractivity contribution in [2.45, 2.75) is 49.3 Å². The highest BCUT2D eigenvalue weighted by molar-refractivity contribution is 8.01. The van der Waals surface area contributed by atoms with Crippen molar-refractivity contribution >= 4 is 23.8 Å². The Balaban J connectivity index is 2.10. The van der Waals surface area contributed by atoms with Crippen LogP contribution in [0.15, 0.2) is 91.0 Å². The lowest BCUT2D eigenvalue weighted by Crippen LogP contribution is -2.49. The summed E-state index contributed by atoms with van der Waals surface area (Å²) in [7, 11) is 0. The molecule has 0 aliphatic carbocycles. The van der Waals surface area contributed by atoms with Gasteiger partial charge in [0.2, 0.25) is 0 Å². The number of rotatable bonds is 8. The molecule has 5 nitrogen and oxygen atoms in total. The number of aliphatic carboxylic acids is 1. The number of carbonyl (C=O) groups is 2. The molecule has 0 saturated heterocycles. The van der Waals surface area contributed by atoms with Crippen LogP contribution in [0.3, 0.4) is 0 Å². The monoisotopic (exact) mass is 477 g/mol. The number of thioether (sulfide) groups is 1. The topological polar surface area (TPSA) is 75.6 Å². The first kappa shape index (κ1) is 25.4. The van der Waals surface area contributed by atoms with E-state index < -0.39 is 33.7 Å². The van der Waals surface area contributed by atoms with Gasteiger partial charge in [-0.25, -0.2) is 9.59 Å². The molecule has 0 unspecified atom stereocenters. The molecule has 0 saturated carbocycles. The normalized spacial score (nSPS) is 13.5. The van der Waals surface area contributed by atoms with Crippen LogP contribution in [0.2, 0.25) is 0 Å². The maximum atomic E-state index is 12.4. The number of benzene rings is 3. The van der Waals surface area contributed by atoms with E-state index >= 15 is 0 Å². The molecule has 3 rings (SSSR count). The van der Waals surface area contributed by atoms with E-state index in [0.717, 1.165) is 16.7 Å². The van der Waals surface area contributed by atoms with E-state index in [-0.39, 0.29) is 0 Å². The van der Waals surface area contributed by atoms with Crippen LogP contribution in [0.4, 0.5) is 4.79 Å². The number of hydrogen-bond acceptors (Lipinski definition) is 4. The molecule has 6 heteroatoms. The van der Waals surface area contributed by atoms with Crippen LogP contribution < -0.4 is 5.32 Å². The summed E-state index contributed by atoms with van der Waals surface area (Å²) in [5.41, 5.74) is 2.33. The molecule has 34 heavy (non-hydrogen) atoms. The highest BCUT2D eigenvalue weighted by Crippen LogP contribution is 2.50. The van der Waals surface area contributed by atoms with Crippen molar-refractivity contribution in [1.29, 1.82) is 0 Å². The molecule has 2 N–H and O–H groups in total. The lowest BCUT2D eigenvalue weighted by atomic mass is 9.84. The first-order valence-electron chi connectivity index (χ1n) is 11.2. The molecule has 3 aromatic carbocycles. The van der Waals surface area contributed by atoms with Gasteiger partial charge in [-0.15, -0.1) is 11.8 Å². The van der Waals surface area contributed by atoms with Crippen molar-refractivity contribution in [2.24, 2.45) is 0 Å². The maximum absolute atomic E-state index is 12.4. The van der Waals surface area contributed by atoms with Crippen LogP contribution in [-0.2, 0) is 14.3 Å². The third-order valence-corrected chi connectivity index (χ3v) is 7.02. The van der Waals surface area contributed by atoms with Gasteiger partial charge in [-0.05, 0) is 37.5 Å². The van der Waals surface area contributed by atoms with Gasteiger partial charge in [0.15, 0.2) is 0 Å². The average Bonchev–Trinajstić information content (AvgIpc) is 2.81. The molecule has 0 aromatic heterocycles. The second-order valence-electron chi connectivity index (χ2n) is 9.06. The molecule has 0 radical (unpaired) electrons. The zero-order chi connectivity index (χ0) is 24.8. The average molecular weight is 478 g/mol. The minimum absolute atomic E-state index is 0.509. The number of carboxylic acid groups (broad SMARTS) is 1. The van der Waals surface area contributed by atoms with E-state index in [1.54, 1.807) is 20.8 Å². The summed E-state index contributed by atoms with van der Waals surface area (Å²) in [6, 6.07) is 28.9. The smallest absolute Gasteiger partial charge is 0.408 e. The lowest BCUT2D eigenvalue weighted by molar-refractivity contribution is -0.139. The van der Waals surface area contributed by atoms with E-state index in [0.29, 0.717) is 0 Å². The Hall–Kier alpha value is -3.25. The fourth-order valence-electron chi connectivity index (χ4n) is 3.88. The Labute approximate surface area is 205 Å². The number of carboxylic acids is 1. The van der Waals surface area contributed by atoms with Gasteiger partial charge in [-0.2, -0.15) is 0 Å². The standard InChI is InChI=1S/C28H31NO4S/c1-20(24(25(30)31)29-26(32)33-27(2,3)4)34-28(21-14-8-5-9-15-21,22-16-10-6-11-17-22)23-18-12-7-13-19-23/h5-20,24H,1-4H3,(H,29,32)(H,30,31)/t20-,24-/m1/s1. The minimum atomic E-state index is -1.16. The number of alkyl carbamates (subject to hydrolysis) is 1. The van der Waals surface area contributed by atoms with Gasteiger partial charge in [-0.1, -0.05) is 97.9 Å². The summed E-state index contributed by atoms with van der Waals surface area (Å²) in [6.07, 6.45) is -0.753. The number of hydrogen-bond donors (Lipinski definition) is 2. The van der Waals surface area contributed by atoms with Crippen molar-refractivity contribution in [3.63, 3.8) is 0 Å². The quantitative estimate of drug-likeness (QED) is 0.385. The van der Waals surface area contributed by atoms with Crippen LogP contribution in [-0.4, -0.2) is 34.1 Å². The molecule has 0 aliphatic rings. The number of carbonyl (C=O) groups excluding carboxylic acids is 1. The second-order valence-corrected chi connectivity index (χ2v) is 10.7. The molecule has 0 aliphatic heterocycles. The predicted octanol–water partition coefficient (Wildman–Crippen LogP) is 6.08. The molecule has 0 bridgehead atoms. The third-order valence-electron chi connectivity index (χ3n) is 5.31. The number of amides is 1. The van der Waals surface area contributed by atoms with Crippen molar-refractivity contribution in [1.82, 2.24) is 5.32 Å². The Morgan fingerprint density at radius 1 is 0.794 bits per heavy atom. The van der Waals surface area contributed by atoms with Gasteiger partial charge in [0.1, 0.15) is 11.6 Å². The van der Waals surface area contributed by atoms with E-state index in [1.165, 1.54) is 11.8 Å². The molecule has 1 amide bonds. The predicted molar refractivity (Wildman–Crippen MR) is 137 cm³/mol. The third kappa shape index (κ3) is 6.00. The van der Waals surface area contributed by atoms with E-state index in [1.807, 2.05) is 61.5 Å². The summed E-state index contributed by atoms with van der Waals surface area (Å²) < 4.78 is 4.63. The van der Waals surface area contributed by atoms with Gasteiger partial charge in [-0.3, -0.25) is 0 Å². The Morgan fingerprint density at radius 2 is 1.18 bits per heavy atom. The summed E-state index contributed by atoms with van der Waals surface area (Å²) in [6.45, 7) is 7.05. The van der Waals surface area contributed by atoms with Crippen LogP contribution in [0.25, 0.3) is 0 Å². The van der Waals surface area contributed by atoms with Gasteiger partial charge in [0, 0.05) is 5.25 Å². The SMILES string of the molecule is C[C@@H](SC(c1ccccc1)(c1ccccc1)c1ccccc1)[C@@H](NC(=O)OC(C)(C)C)C(=O)O. The van der Waals surface area contributed by atoms with Crippen molar-refractivity contribution < 1.29 is 19.4 Å². The van der Waals surface area contributed by atoms with E-state index in [4.69, 9.17) is 4.74 Å². The van der Waals surface area contributed by atoms with E-state index in [2.05, 4.69) is 41.7 Å². The zero-order valence-electron chi connectivity index (χ0n) is 19.9. The van der Waals surface area contributed by atoms with Crippen LogP contribution >= 0.6 is 11.8 Å². The number of ether oxygens (including phenoxy) is 1. The molecule has 0 spiro atoms. The van der Waals surface area contributed by atoms with Crippen molar-refractivity contribution in [2.75, 3.05) is 0 Å². The molecular weight excluding hydrogens is 446 g/mol. The highest BCUT2D eigenvalue weighted by atomic mass is 32.2. The fraction of sp³-hybridized carbons (Fsp3) is 0.286. The second kappa shape index (κ2) is 10.8. The van der Waals surface area contributed by atoms with Crippen LogP contribution in [0.1, 0.15) is 44.4 Å². The van der Waals surface area contributed by atoms with Gasteiger partial charge in [0.05, 0.1) is 4.75 Å². The molecular formula is C28H31NO4S. The Kier molecular flexibility index (Phi) is 8.05. The summed E-state index contributed by atoms with van der Waals surface area (Å²) >= 11 is 1.50.